The van der Waals surface area contributed by atoms with Gasteiger partial charge in [0, 0.05) is 19.7 Å². The fourth-order valence-electron chi connectivity index (χ4n) is 2.24. The number of hydrogen-bond acceptors (Lipinski definition) is 4. The van der Waals surface area contributed by atoms with Crippen LogP contribution < -0.4 is 10.6 Å². The molecule has 0 saturated carbocycles. The lowest BCUT2D eigenvalue weighted by Crippen LogP contribution is -2.30. The topological polar surface area (TPSA) is 93.8 Å². The van der Waals surface area contributed by atoms with Gasteiger partial charge in [-0.3, -0.25) is 19.0 Å². The molecule has 2 heterocycles. The number of carbonyl (C=O) groups excluding carboxylic acids is 2. The summed E-state index contributed by atoms with van der Waals surface area (Å²) < 4.78 is 3.34. The molecule has 0 saturated heterocycles. The van der Waals surface area contributed by atoms with Gasteiger partial charge in [-0.05, 0) is 12.3 Å². The molecule has 2 aromatic rings. The SMILES string of the molecule is CCc1c(NC(=O)C(=O)Nc2ccnn2C)cnn1CC(C)C. The van der Waals surface area contributed by atoms with Crippen molar-refractivity contribution < 1.29 is 9.59 Å². The second-order valence-electron chi connectivity index (χ2n) is 5.68. The van der Waals surface area contributed by atoms with Gasteiger partial charge in [0.2, 0.25) is 0 Å². The second kappa shape index (κ2) is 7.08. The molecule has 124 valence electrons. The number of carbonyl (C=O) groups is 2. The minimum Gasteiger partial charge on any atom is -0.315 e. The van der Waals surface area contributed by atoms with Crippen LogP contribution >= 0.6 is 0 Å². The third-order valence-electron chi connectivity index (χ3n) is 3.34. The predicted molar refractivity (Wildman–Crippen MR) is 86.9 cm³/mol. The Morgan fingerprint density at radius 3 is 2.48 bits per heavy atom. The molecule has 0 aliphatic carbocycles. The molecule has 8 heteroatoms. The molecule has 0 aromatic carbocycles. The highest BCUT2D eigenvalue weighted by Gasteiger charge is 2.19. The molecule has 2 rings (SSSR count). The lowest BCUT2D eigenvalue weighted by molar-refractivity contribution is -0.133. The van der Waals surface area contributed by atoms with Crippen LogP contribution in [0.2, 0.25) is 0 Å². The van der Waals surface area contributed by atoms with Crippen molar-refractivity contribution in [1.82, 2.24) is 19.6 Å². The number of nitrogens with one attached hydrogen (secondary N) is 2. The highest BCUT2D eigenvalue weighted by Crippen LogP contribution is 2.17. The Balaban J connectivity index is 2.06. The van der Waals surface area contributed by atoms with E-state index in [1.165, 1.54) is 4.68 Å². The fraction of sp³-hybridized carbons (Fsp3) is 0.467. The first kappa shape index (κ1) is 16.7. The standard InChI is InChI=1S/C15H22N6O2/c1-5-12-11(8-17-21(12)9-10(2)3)18-14(22)15(23)19-13-6-7-16-20(13)4/h6-8,10H,5,9H2,1-4H3,(H,18,22)(H,19,23). The summed E-state index contributed by atoms with van der Waals surface area (Å²) in [5, 5.41) is 13.3. The summed E-state index contributed by atoms with van der Waals surface area (Å²) in [6, 6.07) is 1.61. The van der Waals surface area contributed by atoms with Gasteiger partial charge in [-0.1, -0.05) is 20.8 Å². The fourth-order valence-corrected chi connectivity index (χ4v) is 2.24. The van der Waals surface area contributed by atoms with Crippen molar-refractivity contribution in [2.24, 2.45) is 13.0 Å². The van der Waals surface area contributed by atoms with Crippen LogP contribution in [-0.4, -0.2) is 31.4 Å². The number of anilines is 2. The largest absolute Gasteiger partial charge is 0.315 e. The Morgan fingerprint density at radius 2 is 1.91 bits per heavy atom. The molecule has 2 amide bonds. The van der Waals surface area contributed by atoms with E-state index in [4.69, 9.17) is 0 Å². The maximum absolute atomic E-state index is 12.1. The molecule has 0 atom stereocenters. The van der Waals surface area contributed by atoms with Crippen LogP contribution in [0.4, 0.5) is 11.5 Å². The van der Waals surface area contributed by atoms with Crippen LogP contribution in [0.3, 0.4) is 0 Å². The van der Waals surface area contributed by atoms with Crippen molar-refractivity contribution in [2.45, 2.75) is 33.7 Å². The van der Waals surface area contributed by atoms with Crippen molar-refractivity contribution in [3.8, 4) is 0 Å². The first-order valence-electron chi connectivity index (χ1n) is 7.57. The maximum atomic E-state index is 12.1. The van der Waals surface area contributed by atoms with Crippen molar-refractivity contribution in [2.75, 3.05) is 10.6 Å². The monoisotopic (exact) mass is 318 g/mol. The Morgan fingerprint density at radius 1 is 1.22 bits per heavy atom. The van der Waals surface area contributed by atoms with Gasteiger partial charge < -0.3 is 10.6 Å². The first-order chi connectivity index (χ1) is 10.9. The van der Waals surface area contributed by atoms with Gasteiger partial charge in [-0.2, -0.15) is 10.2 Å². The van der Waals surface area contributed by atoms with E-state index in [1.54, 1.807) is 25.5 Å². The predicted octanol–water partition coefficient (Wildman–Crippen LogP) is 1.41. The lowest BCUT2D eigenvalue weighted by atomic mass is 10.2. The molecular formula is C15H22N6O2. The zero-order valence-corrected chi connectivity index (χ0v) is 13.8. The van der Waals surface area contributed by atoms with Gasteiger partial charge in [-0.25, -0.2) is 0 Å². The third-order valence-corrected chi connectivity index (χ3v) is 3.34. The Kier molecular flexibility index (Phi) is 5.15. The van der Waals surface area contributed by atoms with Gasteiger partial charge in [0.05, 0.1) is 23.8 Å². The van der Waals surface area contributed by atoms with E-state index in [0.29, 0.717) is 23.8 Å². The molecule has 0 aliphatic rings. The minimum atomic E-state index is -0.743. The number of aryl methyl sites for hydroxylation is 1. The average Bonchev–Trinajstić information content (AvgIpc) is 3.05. The first-order valence-corrected chi connectivity index (χ1v) is 7.57. The summed E-state index contributed by atoms with van der Waals surface area (Å²) in [4.78, 5) is 24.0. The van der Waals surface area contributed by atoms with Crippen molar-refractivity contribution in [3.05, 3.63) is 24.2 Å². The van der Waals surface area contributed by atoms with Crippen molar-refractivity contribution >= 4 is 23.3 Å². The summed E-state index contributed by atoms with van der Waals surface area (Å²) in [5.74, 6) is -0.578. The van der Waals surface area contributed by atoms with Crippen molar-refractivity contribution in [3.63, 3.8) is 0 Å². The van der Waals surface area contributed by atoms with Gasteiger partial charge in [0.15, 0.2) is 0 Å². The molecule has 0 radical (unpaired) electrons. The summed E-state index contributed by atoms with van der Waals surface area (Å²) in [6.07, 6.45) is 3.83. The highest BCUT2D eigenvalue weighted by atomic mass is 16.2. The molecule has 0 fully saturated rings. The maximum Gasteiger partial charge on any atom is 0.315 e. The van der Waals surface area contributed by atoms with Crippen LogP contribution in [0.1, 0.15) is 26.5 Å². The summed E-state index contributed by atoms with van der Waals surface area (Å²) in [6.45, 7) is 6.95. The number of amides is 2. The van der Waals surface area contributed by atoms with E-state index >= 15 is 0 Å². The van der Waals surface area contributed by atoms with Crippen LogP contribution in [0.15, 0.2) is 18.5 Å². The quantitative estimate of drug-likeness (QED) is 0.815. The van der Waals surface area contributed by atoms with E-state index < -0.39 is 11.8 Å². The second-order valence-corrected chi connectivity index (χ2v) is 5.68. The molecule has 23 heavy (non-hydrogen) atoms. The molecule has 0 spiro atoms. The van der Waals surface area contributed by atoms with Gasteiger partial charge in [0.25, 0.3) is 0 Å². The molecule has 2 aromatic heterocycles. The summed E-state index contributed by atoms with van der Waals surface area (Å²) in [7, 11) is 1.68. The molecule has 0 bridgehead atoms. The lowest BCUT2D eigenvalue weighted by Gasteiger charge is -2.10. The Bertz CT molecular complexity index is 701. The zero-order chi connectivity index (χ0) is 17.0. The Hall–Kier alpha value is -2.64. The van der Waals surface area contributed by atoms with E-state index in [2.05, 4.69) is 34.7 Å². The number of aromatic nitrogens is 4. The molecular weight excluding hydrogens is 296 g/mol. The minimum absolute atomic E-state index is 0.442. The highest BCUT2D eigenvalue weighted by molar-refractivity contribution is 6.43. The van der Waals surface area contributed by atoms with Crippen LogP contribution in [0, 0.1) is 5.92 Å². The normalized spacial score (nSPS) is 10.8. The number of hydrogen-bond donors (Lipinski definition) is 2. The van der Waals surface area contributed by atoms with Gasteiger partial charge in [-0.15, -0.1) is 0 Å². The zero-order valence-electron chi connectivity index (χ0n) is 13.8. The van der Waals surface area contributed by atoms with Crippen LogP contribution in [0.5, 0.6) is 0 Å². The van der Waals surface area contributed by atoms with Crippen LogP contribution in [0.25, 0.3) is 0 Å². The van der Waals surface area contributed by atoms with E-state index in [9.17, 15) is 9.59 Å². The van der Waals surface area contributed by atoms with Gasteiger partial charge in [0.1, 0.15) is 5.82 Å². The molecule has 0 unspecified atom stereocenters. The molecule has 2 N–H and O–H groups in total. The number of rotatable bonds is 5. The average molecular weight is 318 g/mol. The number of nitrogens with zero attached hydrogens (tertiary/aromatic N) is 4. The van der Waals surface area contributed by atoms with Crippen molar-refractivity contribution in [1.29, 1.82) is 0 Å². The Labute approximate surface area is 134 Å². The molecule has 0 aliphatic heterocycles. The van der Waals surface area contributed by atoms with E-state index in [-0.39, 0.29) is 0 Å². The summed E-state index contributed by atoms with van der Waals surface area (Å²) >= 11 is 0. The van der Waals surface area contributed by atoms with Crippen LogP contribution in [-0.2, 0) is 29.6 Å². The smallest absolute Gasteiger partial charge is 0.315 e. The third kappa shape index (κ3) is 3.97. The van der Waals surface area contributed by atoms with E-state index in [1.807, 2.05) is 11.6 Å². The summed E-state index contributed by atoms with van der Waals surface area (Å²) in [5.41, 5.74) is 1.47. The van der Waals surface area contributed by atoms with E-state index in [0.717, 1.165) is 12.2 Å². The van der Waals surface area contributed by atoms with Gasteiger partial charge >= 0.3 is 11.8 Å². The molecule has 8 nitrogen and oxygen atoms in total.